The largest absolute Gasteiger partial charge is 0.465 e. The van der Waals surface area contributed by atoms with Crippen molar-refractivity contribution in [3.8, 4) is 0 Å². The number of carbonyl (C=O) groups excluding carboxylic acids is 1. The number of rotatable bonds is 7. The molecule has 100 valence electrons. The number of nitrogens with one attached hydrogen (secondary N) is 1. The van der Waals surface area contributed by atoms with Gasteiger partial charge in [0.1, 0.15) is 0 Å². The Kier molecular flexibility index (Phi) is 6.65. The molecule has 0 unspecified atom stereocenters. The number of aryl methyl sites for hydroxylation is 1. The third-order valence-corrected chi connectivity index (χ3v) is 3.45. The van der Waals surface area contributed by atoms with Crippen LogP contribution in [0.5, 0.6) is 0 Å². The van der Waals surface area contributed by atoms with Gasteiger partial charge in [-0.2, -0.15) is 11.8 Å². The first-order valence-corrected chi connectivity index (χ1v) is 7.50. The maximum atomic E-state index is 11.4. The summed E-state index contributed by atoms with van der Waals surface area (Å²) in [5.41, 5.74) is 2.75. The van der Waals surface area contributed by atoms with Crippen molar-refractivity contribution in [2.45, 2.75) is 19.8 Å². The zero-order chi connectivity index (χ0) is 13.4. The van der Waals surface area contributed by atoms with Crippen molar-refractivity contribution in [2.75, 3.05) is 31.0 Å². The lowest BCUT2D eigenvalue weighted by atomic mass is 10.1. The lowest BCUT2D eigenvalue weighted by Gasteiger charge is -2.10. The summed E-state index contributed by atoms with van der Waals surface area (Å²) in [5, 5.41) is 3.37. The standard InChI is InChI=1S/C14H21NO2S/c1-11-6-7-12(14(16)17-2)10-13(11)15-8-4-5-9-18-3/h6-7,10,15H,4-5,8-9H2,1-3H3. The van der Waals surface area contributed by atoms with Gasteiger partial charge in [0.15, 0.2) is 0 Å². The molecular weight excluding hydrogens is 246 g/mol. The Labute approximate surface area is 113 Å². The van der Waals surface area contributed by atoms with Gasteiger partial charge >= 0.3 is 5.97 Å². The van der Waals surface area contributed by atoms with Gasteiger partial charge in [0.25, 0.3) is 0 Å². The molecule has 0 saturated heterocycles. The smallest absolute Gasteiger partial charge is 0.337 e. The number of hydrogen-bond acceptors (Lipinski definition) is 4. The Hall–Kier alpha value is -1.16. The van der Waals surface area contributed by atoms with E-state index in [1.807, 2.05) is 30.8 Å². The summed E-state index contributed by atoms with van der Waals surface area (Å²) in [6.45, 7) is 2.97. The molecule has 1 aromatic rings. The minimum absolute atomic E-state index is 0.291. The van der Waals surface area contributed by atoms with Crippen LogP contribution in [0.2, 0.25) is 0 Å². The average molecular weight is 267 g/mol. The maximum absolute atomic E-state index is 11.4. The van der Waals surface area contributed by atoms with Gasteiger partial charge in [0.2, 0.25) is 0 Å². The van der Waals surface area contributed by atoms with Gasteiger partial charge in [0, 0.05) is 12.2 Å². The van der Waals surface area contributed by atoms with Crippen molar-refractivity contribution in [1.82, 2.24) is 0 Å². The highest BCUT2D eigenvalue weighted by Crippen LogP contribution is 2.17. The number of hydrogen-bond donors (Lipinski definition) is 1. The van der Waals surface area contributed by atoms with E-state index < -0.39 is 0 Å². The number of benzene rings is 1. The van der Waals surface area contributed by atoms with Crippen molar-refractivity contribution >= 4 is 23.4 Å². The van der Waals surface area contributed by atoms with E-state index in [1.54, 1.807) is 6.07 Å². The summed E-state index contributed by atoms with van der Waals surface area (Å²) in [7, 11) is 1.40. The fraction of sp³-hybridized carbons (Fsp3) is 0.500. The van der Waals surface area contributed by atoms with E-state index in [0.717, 1.165) is 24.2 Å². The Morgan fingerprint density at radius 2 is 2.17 bits per heavy atom. The number of thioether (sulfide) groups is 1. The highest BCUT2D eigenvalue weighted by molar-refractivity contribution is 7.98. The number of methoxy groups -OCH3 is 1. The molecule has 0 aromatic heterocycles. The minimum Gasteiger partial charge on any atom is -0.465 e. The highest BCUT2D eigenvalue weighted by Gasteiger charge is 2.07. The number of ether oxygens (including phenoxy) is 1. The summed E-state index contributed by atoms with van der Waals surface area (Å²) in [6.07, 6.45) is 4.48. The van der Waals surface area contributed by atoms with Crippen LogP contribution in [-0.4, -0.2) is 31.6 Å². The Morgan fingerprint density at radius 1 is 1.39 bits per heavy atom. The Balaban J connectivity index is 2.56. The van der Waals surface area contributed by atoms with E-state index in [0.29, 0.717) is 5.56 Å². The molecular formula is C14H21NO2S. The molecule has 1 N–H and O–H groups in total. The van der Waals surface area contributed by atoms with Crippen LogP contribution in [-0.2, 0) is 4.74 Å². The lowest BCUT2D eigenvalue weighted by molar-refractivity contribution is 0.0601. The van der Waals surface area contributed by atoms with E-state index in [9.17, 15) is 4.79 Å². The van der Waals surface area contributed by atoms with Crippen LogP contribution in [0.1, 0.15) is 28.8 Å². The van der Waals surface area contributed by atoms with Gasteiger partial charge in [-0.25, -0.2) is 4.79 Å². The van der Waals surface area contributed by atoms with Crippen molar-refractivity contribution in [3.63, 3.8) is 0 Å². The third kappa shape index (κ3) is 4.61. The summed E-state index contributed by atoms with van der Waals surface area (Å²) < 4.78 is 4.72. The number of esters is 1. The van der Waals surface area contributed by atoms with Gasteiger partial charge in [-0.05, 0) is 49.5 Å². The van der Waals surface area contributed by atoms with Crippen LogP contribution in [0.15, 0.2) is 18.2 Å². The van der Waals surface area contributed by atoms with Crippen LogP contribution in [0.3, 0.4) is 0 Å². The van der Waals surface area contributed by atoms with Crippen LogP contribution >= 0.6 is 11.8 Å². The highest BCUT2D eigenvalue weighted by atomic mass is 32.2. The molecule has 0 saturated carbocycles. The average Bonchev–Trinajstić information content (AvgIpc) is 2.39. The monoisotopic (exact) mass is 267 g/mol. The summed E-state index contributed by atoms with van der Waals surface area (Å²) in [5.74, 6) is 0.906. The zero-order valence-corrected chi connectivity index (χ0v) is 12.1. The van der Waals surface area contributed by atoms with Gasteiger partial charge in [-0.1, -0.05) is 6.07 Å². The van der Waals surface area contributed by atoms with Crippen LogP contribution in [0, 0.1) is 6.92 Å². The summed E-state index contributed by atoms with van der Waals surface area (Å²) in [6, 6.07) is 5.59. The van der Waals surface area contributed by atoms with Crippen molar-refractivity contribution in [1.29, 1.82) is 0 Å². The number of carbonyl (C=O) groups is 1. The molecule has 0 amide bonds. The predicted molar refractivity (Wildman–Crippen MR) is 78.6 cm³/mol. The third-order valence-electron chi connectivity index (χ3n) is 2.75. The maximum Gasteiger partial charge on any atom is 0.337 e. The normalized spacial score (nSPS) is 10.2. The molecule has 0 aliphatic rings. The molecule has 0 bridgehead atoms. The second-order valence-electron chi connectivity index (χ2n) is 4.15. The fourth-order valence-electron chi connectivity index (χ4n) is 1.65. The van der Waals surface area contributed by atoms with Gasteiger partial charge < -0.3 is 10.1 Å². The summed E-state index contributed by atoms with van der Waals surface area (Å²) >= 11 is 1.87. The second kappa shape index (κ2) is 8.03. The molecule has 0 aliphatic carbocycles. The lowest BCUT2D eigenvalue weighted by Crippen LogP contribution is -2.06. The van der Waals surface area contributed by atoms with E-state index in [-0.39, 0.29) is 5.97 Å². The minimum atomic E-state index is -0.291. The first kappa shape index (κ1) is 14.9. The van der Waals surface area contributed by atoms with Gasteiger partial charge in [0.05, 0.1) is 12.7 Å². The number of anilines is 1. The predicted octanol–water partition coefficient (Wildman–Crippen LogP) is 3.34. The van der Waals surface area contributed by atoms with Gasteiger partial charge in [-0.3, -0.25) is 0 Å². The Morgan fingerprint density at radius 3 is 2.83 bits per heavy atom. The van der Waals surface area contributed by atoms with Gasteiger partial charge in [-0.15, -0.1) is 0 Å². The summed E-state index contributed by atoms with van der Waals surface area (Å²) in [4.78, 5) is 11.4. The van der Waals surface area contributed by atoms with E-state index in [1.165, 1.54) is 19.3 Å². The van der Waals surface area contributed by atoms with Crippen LogP contribution in [0.4, 0.5) is 5.69 Å². The SMILES string of the molecule is COC(=O)c1ccc(C)c(NCCCCSC)c1. The molecule has 0 radical (unpaired) electrons. The van der Waals surface area contributed by atoms with Crippen LogP contribution in [0.25, 0.3) is 0 Å². The Bertz CT molecular complexity index is 393. The van der Waals surface area contributed by atoms with E-state index >= 15 is 0 Å². The molecule has 1 rings (SSSR count). The molecule has 1 aromatic carbocycles. The quantitative estimate of drug-likeness (QED) is 0.607. The molecule has 4 heteroatoms. The molecule has 0 fully saturated rings. The van der Waals surface area contributed by atoms with Crippen molar-refractivity contribution in [3.05, 3.63) is 29.3 Å². The van der Waals surface area contributed by atoms with Crippen molar-refractivity contribution in [2.24, 2.45) is 0 Å². The van der Waals surface area contributed by atoms with Crippen LogP contribution < -0.4 is 5.32 Å². The molecule has 0 aliphatic heterocycles. The molecule has 0 heterocycles. The first-order chi connectivity index (χ1) is 8.69. The fourth-order valence-corrected chi connectivity index (χ4v) is 2.14. The number of unbranched alkanes of at least 4 members (excludes halogenated alkanes) is 1. The molecule has 0 spiro atoms. The molecule has 0 atom stereocenters. The molecule has 3 nitrogen and oxygen atoms in total. The van der Waals surface area contributed by atoms with E-state index in [2.05, 4.69) is 11.6 Å². The topological polar surface area (TPSA) is 38.3 Å². The first-order valence-electron chi connectivity index (χ1n) is 6.11. The molecule has 18 heavy (non-hydrogen) atoms. The second-order valence-corrected chi connectivity index (χ2v) is 5.13. The van der Waals surface area contributed by atoms with E-state index in [4.69, 9.17) is 4.74 Å². The van der Waals surface area contributed by atoms with Crippen molar-refractivity contribution < 1.29 is 9.53 Å². The zero-order valence-electron chi connectivity index (χ0n) is 11.3.